The Morgan fingerprint density at radius 2 is 1.95 bits per heavy atom. The number of benzene rings is 1. The molecule has 6 heteroatoms. The number of aromatic nitrogens is 4. The normalized spacial score (nSPS) is 10.3. The average molecular weight is 279 g/mol. The molecule has 0 spiro atoms. The molecule has 0 fully saturated rings. The van der Waals surface area contributed by atoms with E-state index in [0.717, 1.165) is 11.3 Å². The number of pyridine rings is 1. The summed E-state index contributed by atoms with van der Waals surface area (Å²) in [6.45, 7) is 0. The maximum absolute atomic E-state index is 11.8. The fourth-order valence-electron chi connectivity index (χ4n) is 1.95. The number of nitrogens with one attached hydrogen (secondary N) is 1. The highest BCUT2D eigenvalue weighted by Crippen LogP contribution is 2.20. The Morgan fingerprint density at radius 1 is 1.14 bits per heavy atom. The zero-order chi connectivity index (χ0) is 14.7. The van der Waals surface area contributed by atoms with Crippen LogP contribution in [-0.2, 0) is 0 Å². The van der Waals surface area contributed by atoms with Crippen LogP contribution in [0.5, 0.6) is 0 Å². The van der Waals surface area contributed by atoms with Gasteiger partial charge >= 0.3 is 0 Å². The Kier molecular flexibility index (Phi) is 3.42. The Balaban J connectivity index is 2.18. The maximum atomic E-state index is 11.8. The molecule has 2 aromatic heterocycles. The van der Waals surface area contributed by atoms with Crippen LogP contribution >= 0.6 is 0 Å². The van der Waals surface area contributed by atoms with Crippen LogP contribution in [0.3, 0.4) is 0 Å². The molecule has 3 rings (SSSR count). The number of carbonyl (C=O) groups excluding carboxylic acids is 1. The van der Waals surface area contributed by atoms with Crippen molar-refractivity contribution in [1.82, 2.24) is 25.1 Å². The minimum absolute atomic E-state index is 0.125. The largest absolute Gasteiger partial charge is 0.352 e. The zero-order valence-corrected chi connectivity index (χ0v) is 11.4. The Bertz CT molecular complexity index is 695. The van der Waals surface area contributed by atoms with Crippen molar-refractivity contribution >= 4 is 5.91 Å². The maximum Gasteiger partial charge on any atom is 0.290 e. The van der Waals surface area contributed by atoms with E-state index in [-0.39, 0.29) is 11.7 Å². The molecule has 0 unspecified atom stereocenters. The van der Waals surface area contributed by atoms with Crippen LogP contribution in [0.15, 0.2) is 54.9 Å². The van der Waals surface area contributed by atoms with Gasteiger partial charge in [0.2, 0.25) is 5.82 Å². The van der Waals surface area contributed by atoms with Gasteiger partial charge in [0.15, 0.2) is 5.82 Å². The van der Waals surface area contributed by atoms with Crippen molar-refractivity contribution in [2.45, 2.75) is 0 Å². The van der Waals surface area contributed by atoms with Gasteiger partial charge in [-0.15, -0.1) is 5.10 Å². The van der Waals surface area contributed by atoms with Gasteiger partial charge in [0.1, 0.15) is 0 Å². The molecule has 21 heavy (non-hydrogen) atoms. The van der Waals surface area contributed by atoms with Crippen LogP contribution in [0.25, 0.3) is 17.1 Å². The lowest BCUT2D eigenvalue weighted by Gasteiger charge is -2.04. The van der Waals surface area contributed by atoms with E-state index in [1.54, 1.807) is 24.1 Å². The molecule has 0 aliphatic heterocycles. The molecule has 2 heterocycles. The number of amides is 1. The molecule has 3 aromatic rings. The molecule has 0 aliphatic carbocycles. The molecule has 0 aliphatic rings. The third kappa shape index (κ3) is 2.51. The smallest absolute Gasteiger partial charge is 0.290 e. The molecule has 6 nitrogen and oxygen atoms in total. The molecule has 104 valence electrons. The van der Waals surface area contributed by atoms with Gasteiger partial charge < -0.3 is 5.32 Å². The Labute approximate surface area is 121 Å². The third-order valence-corrected chi connectivity index (χ3v) is 2.96. The summed E-state index contributed by atoms with van der Waals surface area (Å²) in [7, 11) is 1.55. The molecule has 0 radical (unpaired) electrons. The number of hydrogen-bond acceptors (Lipinski definition) is 4. The van der Waals surface area contributed by atoms with E-state index in [0.29, 0.717) is 5.82 Å². The molecular formula is C15H13N5O. The van der Waals surface area contributed by atoms with Crippen LogP contribution in [0.1, 0.15) is 10.6 Å². The quantitative estimate of drug-likeness (QED) is 0.792. The summed E-state index contributed by atoms with van der Waals surface area (Å²) in [6, 6.07) is 13.3. The van der Waals surface area contributed by atoms with Crippen molar-refractivity contribution in [2.75, 3.05) is 7.05 Å². The SMILES string of the molecule is CNC(=O)c1nc(-c2ccccc2)n(-c2cccnc2)n1. The molecule has 1 aromatic carbocycles. The van der Waals surface area contributed by atoms with Crippen LogP contribution < -0.4 is 5.32 Å². The standard InChI is InChI=1S/C15H13N5O/c1-16-15(21)13-18-14(11-6-3-2-4-7-11)20(19-13)12-8-5-9-17-10-12/h2-10H,1H3,(H,16,21). The summed E-state index contributed by atoms with van der Waals surface area (Å²) in [5.41, 5.74) is 1.63. The molecule has 0 saturated heterocycles. The third-order valence-electron chi connectivity index (χ3n) is 2.96. The van der Waals surface area contributed by atoms with Crippen LogP contribution in [0, 0.1) is 0 Å². The second-order valence-electron chi connectivity index (χ2n) is 4.33. The van der Waals surface area contributed by atoms with Crippen molar-refractivity contribution < 1.29 is 4.79 Å². The first-order chi connectivity index (χ1) is 10.3. The summed E-state index contributed by atoms with van der Waals surface area (Å²) in [4.78, 5) is 20.2. The molecule has 0 atom stereocenters. The lowest BCUT2D eigenvalue weighted by molar-refractivity contribution is 0.0953. The number of rotatable bonds is 3. The molecular weight excluding hydrogens is 266 g/mol. The topological polar surface area (TPSA) is 72.7 Å². The van der Waals surface area contributed by atoms with E-state index in [1.807, 2.05) is 42.5 Å². The van der Waals surface area contributed by atoms with Gasteiger partial charge in [0, 0.05) is 18.8 Å². The molecule has 0 bridgehead atoms. The highest BCUT2D eigenvalue weighted by atomic mass is 16.2. The summed E-state index contributed by atoms with van der Waals surface area (Å²) in [5.74, 6) is 0.400. The van der Waals surface area contributed by atoms with E-state index in [1.165, 1.54) is 0 Å². The lowest BCUT2D eigenvalue weighted by atomic mass is 10.2. The summed E-state index contributed by atoms with van der Waals surface area (Å²) >= 11 is 0. The fourth-order valence-corrected chi connectivity index (χ4v) is 1.95. The Morgan fingerprint density at radius 3 is 2.62 bits per heavy atom. The zero-order valence-electron chi connectivity index (χ0n) is 11.4. The fraction of sp³-hybridized carbons (Fsp3) is 0.0667. The van der Waals surface area contributed by atoms with Gasteiger partial charge in [-0.1, -0.05) is 30.3 Å². The van der Waals surface area contributed by atoms with E-state index >= 15 is 0 Å². The predicted molar refractivity (Wildman–Crippen MR) is 78.0 cm³/mol. The summed E-state index contributed by atoms with van der Waals surface area (Å²) in [6.07, 6.45) is 3.36. The van der Waals surface area contributed by atoms with Crippen molar-refractivity contribution in [2.24, 2.45) is 0 Å². The first-order valence-electron chi connectivity index (χ1n) is 6.44. The molecule has 1 N–H and O–H groups in total. The minimum Gasteiger partial charge on any atom is -0.352 e. The number of carbonyl (C=O) groups is 1. The van der Waals surface area contributed by atoms with Crippen molar-refractivity contribution in [3.63, 3.8) is 0 Å². The van der Waals surface area contributed by atoms with Crippen LogP contribution in [-0.4, -0.2) is 32.7 Å². The second-order valence-corrected chi connectivity index (χ2v) is 4.33. The van der Waals surface area contributed by atoms with E-state index in [2.05, 4.69) is 20.4 Å². The minimum atomic E-state index is -0.324. The summed E-state index contributed by atoms with van der Waals surface area (Å²) < 4.78 is 1.62. The van der Waals surface area contributed by atoms with E-state index < -0.39 is 0 Å². The van der Waals surface area contributed by atoms with Gasteiger partial charge in [-0.3, -0.25) is 9.78 Å². The van der Waals surface area contributed by atoms with Gasteiger partial charge in [-0.05, 0) is 12.1 Å². The monoisotopic (exact) mass is 279 g/mol. The van der Waals surface area contributed by atoms with Crippen LogP contribution in [0.4, 0.5) is 0 Å². The first-order valence-corrected chi connectivity index (χ1v) is 6.44. The van der Waals surface area contributed by atoms with Gasteiger partial charge in [-0.25, -0.2) is 9.67 Å². The van der Waals surface area contributed by atoms with Crippen molar-refractivity contribution in [3.8, 4) is 17.1 Å². The number of hydrogen-bond donors (Lipinski definition) is 1. The van der Waals surface area contributed by atoms with E-state index in [9.17, 15) is 4.79 Å². The van der Waals surface area contributed by atoms with Crippen molar-refractivity contribution in [1.29, 1.82) is 0 Å². The van der Waals surface area contributed by atoms with Crippen LogP contribution in [0.2, 0.25) is 0 Å². The lowest BCUT2D eigenvalue weighted by Crippen LogP contribution is -2.19. The van der Waals surface area contributed by atoms with Gasteiger partial charge in [0.25, 0.3) is 5.91 Å². The predicted octanol–water partition coefficient (Wildman–Crippen LogP) is 1.69. The molecule has 1 amide bonds. The van der Waals surface area contributed by atoms with E-state index in [4.69, 9.17) is 0 Å². The highest BCUT2D eigenvalue weighted by molar-refractivity contribution is 5.90. The average Bonchev–Trinajstić information content (AvgIpc) is 3.01. The first kappa shape index (κ1) is 13.0. The summed E-state index contributed by atoms with van der Waals surface area (Å²) in [5, 5.41) is 6.81. The number of nitrogens with zero attached hydrogens (tertiary/aromatic N) is 4. The molecule has 0 saturated carbocycles. The second kappa shape index (κ2) is 5.54. The Hall–Kier alpha value is -3.02. The van der Waals surface area contributed by atoms with Gasteiger partial charge in [0.05, 0.1) is 11.9 Å². The highest BCUT2D eigenvalue weighted by Gasteiger charge is 2.17. The van der Waals surface area contributed by atoms with Crippen molar-refractivity contribution in [3.05, 3.63) is 60.7 Å². The van der Waals surface area contributed by atoms with Gasteiger partial charge in [-0.2, -0.15) is 0 Å².